The average molecular weight is 535 g/mol. The van der Waals surface area contributed by atoms with Gasteiger partial charge in [0.1, 0.15) is 10.8 Å². The number of benzene rings is 6. The van der Waals surface area contributed by atoms with Gasteiger partial charge in [0.15, 0.2) is 0 Å². The summed E-state index contributed by atoms with van der Waals surface area (Å²) in [6.07, 6.45) is 0. The molecule has 0 bridgehead atoms. The second-order valence-corrected chi connectivity index (χ2v) is 10.7. The summed E-state index contributed by atoms with van der Waals surface area (Å²) in [4.78, 5) is 15.1. The number of carbonyl (C=O) groups is 1. The lowest BCUT2D eigenvalue weighted by Crippen LogP contribution is -2.13. The Morgan fingerprint density at radius 1 is 0.375 bits per heavy atom. The van der Waals surface area contributed by atoms with Gasteiger partial charge in [0.25, 0.3) is 5.12 Å². The molecule has 6 aromatic rings. The fourth-order valence-electron chi connectivity index (χ4n) is 5.10. The molecule has 0 saturated carbocycles. The summed E-state index contributed by atoms with van der Waals surface area (Å²) in [7, 11) is -2.01. The normalized spacial score (nSPS) is 11.6. The SMILES string of the molecule is O=C(c1c(-c2ccccc2)cccc1-c1ccccc1)S(=O)c1c(-c2ccccc2)cccc1-c1ccccc1. The zero-order valence-corrected chi connectivity index (χ0v) is 22.6. The maximum atomic E-state index is 14.7. The van der Waals surface area contributed by atoms with Crippen molar-refractivity contribution < 1.29 is 9.00 Å². The van der Waals surface area contributed by atoms with Gasteiger partial charge in [0.05, 0.1) is 4.90 Å². The van der Waals surface area contributed by atoms with E-state index in [1.165, 1.54) is 0 Å². The first kappa shape index (κ1) is 25.4. The summed E-state index contributed by atoms with van der Waals surface area (Å²) in [6, 6.07) is 51.0. The van der Waals surface area contributed by atoms with E-state index in [-0.39, 0.29) is 0 Å². The van der Waals surface area contributed by atoms with E-state index in [0.29, 0.717) is 10.5 Å². The summed E-state index contributed by atoms with van der Waals surface area (Å²) in [5, 5.41) is -0.418. The van der Waals surface area contributed by atoms with E-state index in [0.717, 1.165) is 44.5 Å². The van der Waals surface area contributed by atoms with Crippen molar-refractivity contribution in [1.82, 2.24) is 0 Å². The number of hydrogen-bond acceptors (Lipinski definition) is 2. The lowest BCUT2D eigenvalue weighted by Gasteiger charge is -2.18. The summed E-state index contributed by atoms with van der Waals surface area (Å²) < 4.78 is 14.7. The van der Waals surface area contributed by atoms with Crippen molar-refractivity contribution in [2.24, 2.45) is 0 Å². The molecule has 6 rings (SSSR count). The van der Waals surface area contributed by atoms with Gasteiger partial charge in [-0.1, -0.05) is 158 Å². The monoisotopic (exact) mass is 534 g/mol. The highest BCUT2D eigenvalue weighted by Crippen LogP contribution is 2.39. The number of carbonyl (C=O) groups excluding carboxylic acids is 1. The Bertz CT molecular complexity index is 1540. The average Bonchev–Trinajstić information content (AvgIpc) is 3.05. The highest BCUT2D eigenvalue weighted by Gasteiger charge is 2.28. The number of rotatable bonds is 6. The van der Waals surface area contributed by atoms with Crippen LogP contribution in [0.1, 0.15) is 10.4 Å². The van der Waals surface area contributed by atoms with E-state index in [2.05, 4.69) is 0 Å². The third-order valence-corrected chi connectivity index (χ3v) is 8.33. The van der Waals surface area contributed by atoms with Gasteiger partial charge in [-0.25, -0.2) is 4.21 Å². The van der Waals surface area contributed by atoms with Crippen LogP contribution in [0.25, 0.3) is 44.5 Å². The maximum absolute atomic E-state index is 14.7. The highest BCUT2D eigenvalue weighted by molar-refractivity contribution is 8.01. The predicted molar refractivity (Wildman–Crippen MR) is 165 cm³/mol. The van der Waals surface area contributed by atoms with Crippen LogP contribution in [-0.2, 0) is 10.8 Å². The quantitative estimate of drug-likeness (QED) is 0.213. The molecule has 0 aliphatic heterocycles. The van der Waals surface area contributed by atoms with Crippen molar-refractivity contribution >= 4 is 15.9 Å². The van der Waals surface area contributed by atoms with E-state index >= 15 is 0 Å². The van der Waals surface area contributed by atoms with E-state index in [1.54, 1.807) is 0 Å². The van der Waals surface area contributed by atoms with Gasteiger partial charge in [0, 0.05) is 5.56 Å². The van der Waals surface area contributed by atoms with Crippen LogP contribution in [0.3, 0.4) is 0 Å². The van der Waals surface area contributed by atoms with Crippen molar-refractivity contribution in [2.75, 3.05) is 0 Å². The predicted octanol–water partition coefficient (Wildman–Crippen LogP) is 9.30. The van der Waals surface area contributed by atoms with Gasteiger partial charge in [-0.15, -0.1) is 0 Å². The standard InChI is InChI=1S/C37H26O2S/c38-37(35-31(27-15-5-1-6-16-27)23-13-24-32(35)28-17-7-2-8-18-28)40(39)36-33(29-19-9-3-10-20-29)25-14-26-34(36)30-21-11-4-12-22-30/h1-26H. The molecule has 1 atom stereocenters. The van der Waals surface area contributed by atoms with Crippen molar-refractivity contribution in [1.29, 1.82) is 0 Å². The Balaban J connectivity index is 1.60. The Morgan fingerprint density at radius 3 is 1.02 bits per heavy atom. The molecular formula is C37H26O2S. The topological polar surface area (TPSA) is 34.1 Å². The first-order chi connectivity index (χ1) is 19.7. The first-order valence-electron chi connectivity index (χ1n) is 13.2. The minimum Gasteiger partial charge on any atom is -0.278 e. The minimum atomic E-state index is -2.01. The van der Waals surface area contributed by atoms with Crippen LogP contribution < -0.4 is 0 Å². The molecule has 0 radical (unpaired) electrons. The molecule has 2 nitrogen and oxygen atoms in total. The zero-order chi connectivity index (χ0) is 27.3. The van der Waals surface area contributed by atoms with Crippen LogP contribution in [0.2, 0.25) is 0 Å². The van der Waals surface area contributed by atoms with Gasteiger partial charge < -0.3 is 0 Å². The molecule has 6 aromatic carbocycles. The van der Waals surface area contributed by atoms with Gasteiger partial charge in [0.2, 0.25) is 0 Å². The largest absolute Gasteiger partial charge is 0.278 e. The van der Waals surface area contributed by atoms with Crippen LogP contribution in [0.5, 0.6) is 0 Å². The second-order valence-electron chi connectivity index (χ2n) is 9.43. The molecule has 0 aliphatic rings. The fourth-order valence-corrected chi connectivity index (χ4v) is 6.46. The molecule has 3 heteroatoms. The molecule has 0 fully saturated rings. The van der Waals surface area contributed by atoms with Crippen LogP contribution in [0.4, 0.5) is 0 Å². The van der Waals surface area contributed by atoms with Crippen LogP contribution in [0.15, 0.2) is 163 Å². The second kappa shape index (κ2) is 11.5. The Labute approximate surface area is 237 Å². The Morgan fingerprint density at radius 2 is 0.675 bits per heavy atom. The minimum absolute atomic E-state index is 0.418. The van der Waals surface area contributed by atoms with Crippen LogP contribution in [-0.4, -0.2) is 9.32 Å². The summed E-state index contributed by atoms with van der Waals surface area (Å²) in [5.74, 6) is 0. The highest BCUT2D eigenvalue weighted by atomic mass is 32.2. The molecule has 0 saturated heterocycles. The van der Waals surface area contributed by atoms with Crippen molar-refractivity contribution in [3.8, 4) is 44.5 Å². The molecule has 0 heterocycles. The molecule has 1 unspecified atom stereocenters. The first-order valence-corrected chi connectivity index (χ1v) is 14.3. The Hall–Kier alpha value is -4.86. The Kier molecular flexibility index (Phi) is 7.30. The molecule has 0 aromatic heterocycles. The molecular weight excluding hydrogens is 508 g/mol. The van der Waals surface area contributed by atoms with Crippen molar-refractivity contribution in [3.05, 3.63) is 163 Å². The van der Waals surface area contributed by atoms with Crippen LogP contribution >= 0.6 is 0 Å². The third-order valence-electron chi connectivity index (χ3n) is 6.98. The van der Waals surface area contributed by atoms with Gasteiger partial charge in [-0.05, 0) is 44.5 Å². The third kappa shape index (κ3) is 4.95. The number of hydrogen-bond donors (Lipinski definition) is 0. The maximum Gasteiger partial charge on any atom is 0.255 e. The van der Waals surface area contributed by atoms with Crippen molar-refractivity contribution in [3.63, 3.8) is 0 Å². The summed E-state index contributed by atoms with van der Waals surface area (Å²) in [5.41, 5.74) is 7.18. The molecule has 0 amide bonds. The molecule has 40 heavy (non-hydrogen) atoms. The van der Waals surface area contributed by atoms with E-state index < -0.39 is 15.9 Å². The van der Waals surface area contributed by atoms with Crippen LogP contribution in [0, 0.1) is 0 Å². The van der Waals surface area contributed by atoms with E-state index in [9.17, 15) is 9.00 Å². The van der Waals surface area contributed by atoms with Gasteiger partial charge in [-0.3, -0.25) is 4.79 Å². The van der Waals surface area contributed by atoms with E-state index in [4.69, 9.17) is 0 Å². The molecule has 0 N–H and O–H groups in total. The lowest BCUT2D eigenvalue weighted by atomic mass is 9.92. The van der Waals surface area contributed by atoms with E-state index in [1.807, 2.05) is 158 Å². The smallest absolute Gasteiger partial charge is 0.255 e. The zero-order valence-electron chi connectivity index (χ0n) is 21.7. The molecule has 0 spiro atoms. The fraction of sp³-hybridized carbons (Fsp3) is 0. The van der Waals surface area contributed by atoms with Crippen molar-refractivity contribution in [2.45, 2.75) is 4.90 Å². The lowest BCUT2D eigenvalue weighted by molar-refractivity contribution is 0.108. The summed E-state index contributed by atoms with van der Waals surface area (Å²) in [6.45, 7) is 0. The molecule has 192 valence electrons. The molecule has 0 aliphatic carbocycles. The summed E-state index contributed by atoms with van der Waals surface area (Å²) >= 11 is 0. The van der Waals surface area contributed by atoms with Gasteiger partial charge >= 0.3 is 0 Å². The van der Waals surface area contributed by atoms with Gasteiger partial charge in [-0.2, -0.15) is 0 Å².